The summed E-state index contributed by atoms with van der Waals surface area (Å²) < 4.78 is 5.14. The van der Waals surface area contributed by atoms with Crippen LogP contribution >= 0.6 is 0 Å². The molecule has 1 atom stereocenters. The van der Waals surface area contributed by atoms with Gasteiger partial charge in [-0.25, -0.2) is 0 Å². The van der Waals surface area contributed by atoms with Crippen molar-refractivity contribution in [1.82, 2.24) is 0 Å². The number of carbonyl (C=O) groups excluding carboxylic acids is 1. The molecule has 0 bridgehead atoms. The number of rotatable bonds is 5. The molecule has 0 aliphatic rings. The number of aryl methyl sites for hydroxylation is 2. The van der Waals surface area contributed by atoms with Gasteiger partial charge in [-0.1, -0.05) is 17.7 Å². The van der Waals surface area contributed by atoms with E-state index in [1.807, 2.05) is 39.0 Å². The molecule has 1 unspecified atom stereocenters. The van der Waals surface area contributed by atoms with Crippen molar-refractivity contribution >= 4 is 5.78 Å². The Morgan fingerprint density at radius 1 is 1.38 bits per heavy atom. The van der Waals surface area contributed by atoms with Crippen LogP contribution in [-0.4, -0.2) is 19.0 Å². The Labute approximate surface area is 97.6 Å². The SMILES string of the molecule is COC(C)CCC(=O)c1cc(C)ccc1C. The molecule has 0 fully saturated rings. The lowest BCUT2D eigenvalue weighted by Gasteiger charge is -2.10. The molecule has 0 aliphatic carbocycles. The van der Waals surface area contributed by atoms with Crippen LogP contribution in [0.5, 0.6) is 0 Å². The van der Waals surface area contributed by atoms with Gasteiger partial charge in [0.05, 0.1) is 6.10 Å². The molecule has 0 spiro atoms. The minimum atomic E-state index is 0.147. The van der Waals surface area contributed by atoms with Gasteiger partial charge in [-0.3, -0.25) is 4.79 Å². The van der Waals surface area contributed by atoms with Crippen LogP contribution in [0.25, 0.3) is 0 Å². The summed E-state index contributed by atoms with van der Waals surface area (Å²) in [7, 11) is 1.67. The summed E-state index contributed by atoms with van der Waals surface area (Å²) in [6, 6.07) is 6.00. The van der Waals surface area contributed by atoms with Gasteiger partial charge < -0.3 is 4.74 Å². The zero-order chi connectivity index (χ0) is 12.1. The molecule has 0 saturated heterocycles. The largest absolute Gasteiger partial charge is 0.382 e. The van der Waals surface area contributed by atoms with E-state index in [0.29, 0.717) is 6.42 Å². The van der Waals surface area contributed by atoms with Gasteiger partial charge in [0.2, 0.25) is 0 Å². The Morgan fingerprint density at radius 3 is 2.69 bits per heavy atom. The molecule has 0 amide bonds. The standard InChI is InChI=1S/C14H20O2/c1-10-5-6-11(2)13(9-10)14(15)8-7-12(3)16-4/h5-6,9,12H,7-8H2,1-4H3. The molecule has 1 aromatic carbocycles. The number of hydrogen-bond acceptors (Lipinski definition) is 2. The van der Waals surface area contributed by atoms with Gasteiger partial charge in [0.1, 0.15) is 0 Å². The first-order valence-corrected chi connectivity index (χ1v) is 5.68. The van der Waals surface area contributed by atoms with Gasteiger partial charge in [-0.2, -0.15) is 0 Å². The average Bonchev–Trinajstić information content (AvgIpc) is 2.28. The molecule has 1 aromatic rings. The van der Waals surface area contributed by atoms with Gasteiger partial charge in [-0.15, -0.1) is 0 Å². The lowest BCUT2D eigenvalue weighted by molar-refractivity contribution is 0.0877. The molecular formula is C14H20O2. The van der Waals surface area contributed by atoms with Gasteiger partial charge in [0.15, 0.2) is 5.78 Å². The van der Waals surface area contributed by atoms with Gasteiger partial charge in [0, 0.05) is 19.1 Å². The second-order valence-corrected chi connectivity index (χ2v) is 4.33. The fourth-order valence-electron chi connectivity index (χ4n) is 1.62. The summed E-state index contributed by atoms with van der Waals surface area (Å²) in [6.45, 7) is 5.97. The zero-order valence-corrected chi connectivity index (χ0v) is 10.5. The number of carbonyl (C=O) groups is 1. The third-order valence-electron chi connectivity index (χ3n) is 2.87. The third kappa shape index (κ3) is 3.46. The molecule has 0 aromatic heterocycles. The first kappa shape index (κ1) is 12.9. The van der Waals surface area contributed by atoms with E-state index in [1.54, 1.807) is 7.11 Å². The van der Waals surface area contributed by atoms with E-state index < -0.39 is 0 Å². The third-order valence-corrected chi connectivity index (χ3v) is 2.87. The van der Waals surface area contributed by atoms with E-state index in [2.05, 4.69) is 0 Å². The van der Waals surface area contributed by atoms with Crippen molar-refractivity contribution in [3.8, 4) is 0 Å². The summed E-state index contributed by atoms with van der Waals surface area (Å²) in [4.78, 5) is 12.0. The number of methoxy groups -OCH3 is 1. The van der Waals surface area contributed by atoms with Crippen LogP contribution in [0.4, 0.5) is 0 Å². The first-order valence-electron chi connectivity index (χ1n) is 5.68. The molecule has 16 heavy (non-hydrogen) atoms. The monoisotopic (exact) mass is 220 g/mol. The Hall–Kier alpha value is -1.15. The highest BCUT2D eigenvalue weighted by atomic mass is 16.5. The molecule has 2 heteroatoms. The molecular weight excluding hydrogens is 200 g/mol. The highest BCUT2D eigenvalue weighted by Gasteiger charge is 2.10. The molecule has 2 nitrogen and oxygen atoms in total. The highest BCUT2D eigenvalue weighted by Crippen LogP contribution is 2.14. The Balaban J connectivity index is 2.69. The van der Waals surface area contributed by atoms with Crippen LogP contribution in [0, 0.1) is 13.8 Å². The normalized spacial score (nSPS) is 12.5. The molecule has 0 radical (unpaired) electrons. The Morgan fingerprint density at radius 2 is 2.06 bits per heavy atom. The maximum absolute atomic E-state index is 12.0. The van der Waals surface area contributed by atoms with E-state index in [9.17, 15) is 4.79 Å². The molecule has 0 aliphatic heterocycles. The van der Waals surface area contributed by atoms with Crippen LogP contribution in [0.1, 0.15) is 41.3 Å². The maximum atomic E-state index is 12.0. The fraction of sp³-hybridized carbons (Fsp3) is 0.500. The topological polar surface area (TPSA) is 26.3 Å². The van der Waals surface area contributed by atoms with Crippen LogP contribution in [0.2, 0.25) is 0 Å². The molecule has 0 N–H and O–H groups in total. The number of benzene rings is 1. The molecule has 88 valence electrons. The molecule has 0 saturated carbocycles. The minimum absolute atomic E-state index is 0.147. The van der Waals surface area contributed by atoms with E-state index in [4.69, 9.17) is 4.74 Å². The number of hydrogen-bond donors (Lipinski definition) is 0. The summed E-state index contributed by atoms with van der Waals surface area (Å²) >= 11 is 0. The van der Waals surface area contributed by atoms with Crippen molar-refractivity contribution in [3.05, 3.63) is 34.9 Å². The Kier molecular flexibility index (Phi) is 4.69. The van der Waals surface area contributed by atoms with Crippen molar-refractivity contribution in [2.45, 2.75) is 39.7 Å². The fourth-order valence-corrected chi connectivity index (χ4v) is 1.62. The van der Waals surface area contributed by atoms with E-state index in [-0.39, 0.29) is 11.9 Å². The van der Waals surface area contributed by atoms with Crippen molar-refractivity contribution in [2.75, 3.05) is 7.11 Å². The lowest BCUT2D eigenvalue weighted by atomic mass is 9.98. The average molecular weight is 220 g/mol. The zero-order valence-electron chi connectivity index (χ0n) is 10.5. The van der Waals surface area contributed by atoms with E-state index in [1.165, 1.54) is 0 Å². The van der Waals surface area contributed by atoms with Crippen LogP contribution in [-0.2, 0) is 4.74 Å². The molecule has 0 heterocycles. The van der Waals surface area contributed by atoms with E-state index >= 15 is 0 Å². The summed E-state index contributed by atoms with van der Waals surface area (Å²) in [5.41, 5.74) is 3.04. The Bertz CT molecular complexity index is 369. The number of ether oxygens (including phenoxy) is 1. The quantitative estimate of drug-likeness (QED) is 0.712. The van der Waals surface area contributed by atoms with Crippen LogP contribution in [0.3, 0.4) is 0 Å². The van der Waals surface area contributed by atoms with Gasteiger partial charge in [-0.05, 0) is 38.8 Å². The minimum Gasteiger partial charge on any atom is -0.382 e. The summed E-state index contributed by atoms with van der Waals surface area (Å²) in [5.74, 6) is 0.213. The predicted octanol–water partition coefficient (Wildman–Crippen LogP) is 3.30. The first-order chi connectivity index (χ1) is 7.54. The predicted molar refractivity (Wildman–Crippen MR) is 66.0 cm³/mol. The van der Waals surface area contributed by atoms with Crippen molar-refractivity contribution in [3.63, 3.8) is 0 Å². The van der Waals surface area contributed by atoms with Crippen LogP contribution < -0.4 is 0 Å². The second-order valence-electron chi connectivity index (χ2n) is 4.33. The molecule has 1 rings (SSSR count). The van der Waals surface area contributed by atoms with Crippen molar-refractivity contribution in [1.29, 1.82) is 0 Å². The van der Waals surface area contributed by atoms with Crippen LogP contribution in [0.15, 0.2) is 18.2 Å². The van der Waals surface area contributed by atoms with Crippen molar-refractivity contribution in [2.24, 2.45) is 0 Å². The summed E-state index contributed by atoms with van der Waals surface area (Å²) in [6.07, 6.45) is 1.48. The van der Waals surface area contributed by atoms with Crippen molar-refractivity contribution < 1.29 is 9.53 Å². The second kappa shape index (κ2) is 5.80. The summed E-state index contributed by atoms with van der Waals surface area (Å²) in [5, 5.41) is 0. The lowest BCUT2D eigenvalue weighted by Crippen LogP contribution is -2.09. The number of ketones is 1. The van der Waals surface area contributed by atoms with E-state index in [0.717, 1.165) is 23.1 Å². The maximum Gasteiger partial charge on any atom is 0.163 e. The highest BCUT2D eigenvalue weighted by molar-refractivity contribution is 5.97. The van der Waals surface area contributed by atoms with Gasteiger partial charge >= 0.3 is 0 Å². The smallest absolute Gasteiger partial charge is 0.163 e. The van der Waals surface area contributed by atoms with Gasteiger partial charge in [0.25, 0.3) is 0 Å². The number of Topliss-reactive ketones (excluding diaryl/α,β-unsaturated/α-hetero) is 1.